The van der Waals surface area contributed by atoms with Gasteiger partial charge in [-0.15, -0.1) is 11.8 Å². The van der Waals surface area contributed by atoms with E-state index in [4.69, 9.17) is 4.52 Å². The molecule has 1 amide bonds. The summed E-state index contributed by atoms with van der Waals surface area (Å²) < 4.78 is 4.99. The predicted octanol–water partition coefficient (Wildman–Crippen LogP) is 3.54. The lowest BCUT2D eigenvalue weighted by molar-refractivity contribution is 0.0693. The van der Waals surface area contributed by atoms with Crippen molar-refractivity contribution in [1.29, 1.82) is 0 Å². The van der Waals surface area contributed by atoms with Gasteiger partial charge in [0.05, 0.1) is 11.3 Å². The fourth-order valence-electron chi connectivity index (χ4n) is 2.69. The van der Waals surface area contributed by atoms with E-state index in [0.29, 0.717) is 23.4 Å². The van der Waals surface area contributed by atoms with Crippen molar-refractivity contribution in [1.82, 2.24) is 15.0 Å². The average Bonchev–Trinajstić information content (AvgIpc) is 2.99. The van der Waals surface area contributed by atoms with Crippen LogP contribution in [0.4, 0.5) is 0 Å². The molecular weight excluding hydrogens is 310 g/mol. The highest BCUT2D eigenvalue weighted by molar-refractivity contribution is 7.98. The molecule has 1 saturated heterocycles. The second-order valence-electron chi connectivity index (χ2n) is 5.99. The van der Waals surface area contributed by atoms with Crippen molar-refractivity contribution in [3.63, 3.8) is 0 Å². The Hall–Kier alpha value is -1.82. The number of thioether (sulfide) groups is 1. The first-order valence-electron chi connectivity index (χ1n) is 7.94. The van der Waals surface area contributed by atoms with Gasteiger partial charge in [0.2, 0.25) is 5.89 Å². The number of aryl methyl sites for hydroxylation is 1. The molecule has 2 heterocycles. The standard InChI is InChI=1S/C17H21N3O2S/c1-12-7-9-20(10-8-12)17(21)14-5-3-4-6-15(14)23-11-16-18-13(2)22-19-16/h3-6,12H,7-11H2,1-2H3. The maximum absolute atomic E-state index is 12.8. The predicted molar refractivity (Wildman–Crippen MR) is 89.3 cm³/mol. The minimum absolute atomic E-state index is 0.129. The third-order valence-electron chi connectivity index (χ3n) is 4.11. The molecule has 122 valence electrons. The summed E-state index contributed by atoms with van der Waals surface area (Å²) in [6, 6.07) is 7.77. The summed E-state index contributed by atoms with van der Waals surface area (Å²) in [6.07, 6.45) is 2.17. The molecule has 0 unspecified atom stereocenters. The van der Waals surface area contributed by atoms with E-state index in [9.17, 15) is 4.79 Å². The summed E-state index contributed by atoms with van der Waals surface area (Å²) in [6.45, 7) is 5.72. The fraction of sp³-hybridized carbons (Fsp3) is 0.471. The molecule has 2 aromatic rings. The Morgan fingerprint density at radius 2 is 2.09 bits per heavy atom. The molecule has 1 aliphatic rings. The third-order valence-corrected chi connectivity index (χ3v) is 5.18. The fourth-order valence-corrected chi connectivity index (χ4v) is 3.58. The van der Waals surface area contributed by atoms with Crippen LogP contribution in [0.2, 0.25) is 0 Å². The van der Waals surface area contributed by atoms with Crippen molar-refractivity contribution < 1.29 is 9.32 Å². The van der Waals surface area contributed by atoms with Crippen LogP contribution in [-0.4, -0.2) is 34.0 Å². The van der Waals surface area contributed by atoms with Crippen molar-refractivity contribution in [2.75, 3.05) is 13.1 Å². The maximum atomic E-state index is 12.8. The molecule has 0 spiro atoms. The minimum Gasteiger partial charge on any atom is -0.340 e. The van der Waals surface area contributed by atoms with E-state index >= 15 is 0 Å². The Morgan fingerprint density at radius 3 is 2.78 bits per heavy atom. The van der Waals surface area contributed by atoms with Crippen LogP contribution in [0.5, 0.6) is 0 Å². The van der Waals surface area contributed by atoms with Gasteiger partial charge in [0.25, 0.3) is 5.91 Å². The molecular formula is C17H21N3O2S. The Labute approximate surface area is 140 Å². The van der Waals surface area contributed by atoms with Gasteiger partial charge in [-0.05, 0) is 30.9 Å². The molecule has 23 heavy (non-hydrogen) atoms. The maximum Gasteiger partial charge on any atom is 0.254 e. The van der Waals surface area contributed by atoms with Gasteiger partial charge in [-0.1, -0.05) is 24.2 Å². The molecule has 1 aromatic carbocycles. The second kappa shape index (κ2) is 7.17. The van der Waals surface area contributed by atoms with Crippen molar-refractivity contribution in [3.8, 4) is 0 Å². The van der Waals surface area contributed by atoms with Crippen LogP contribution in [0, 0.1) is 12.8 Å². The first-order chi connectivity index (χ1) is 11.1. The molecule has 0 bridgehead atoms. The van der Waals surface area contributed by atoms with Crippen LogP contribution >= 0.6 is 11.8 Å². The average molecular weight is 331 g/mol. The van der Waals surface area contributed by atoms with Crippen LogP contribution in [0.3, 0.4) is 0 Å². The van der Waals surface area contributed by atoms with Gasteiger partial charge in [-0.3, -0.25) is 4.79 Å². The highest BCUT2D eigenvalue weighted by Crippen LogP contribution is 2.27. The van der Waals surface area contributed by atoms with E-state index in [1.54, 1.807) is 18.7 Å². The number of rotatable bonds is 4. The Balaban J connectivity index is 1.71. The lowest BCUT2D eigenvalue weighted by Crippen LogP contribution is -2.38. The van der Waals surface area contributed by atoms with E-state index in [-0.39, 0.29) is 5.91 Å². The number of benzene rings is 1. The zero-order valence-electron chi connectivity index (χ0n) is 13.5. The van der Waals surface area contributed by atoms with Crippen LogP contribution in [0.25, 0.3) is 0 Å². The van der Waals surface area contributed by atoms with Crippen molar-refractivity contribution >= 4 is 17.7 Å². The normalized spacial score (nSPS) is 15.8. The summed E-state index contributed by atoms with van der Waals surface area (Å²) in [5.74, 6) is 2.65. The largest absolute Gasteiger partial charge is 0.340 e. The zero-order chi connectivity index (χ0) is 16.2. The summed E-state index contributed by atoms with van der Waals surface area (Å²) >= 11 is 1.57. The molecule has 1 aliphatic heterocycles. The molecule has 0 N–H and O–H groups in total. The molecule has 5 nitrogen and oxygen atoms in total. The number of carbonyl (C=O) groups excluding carboxylic acids is 1. The van der Waals surface area contributed by atoms with E-state index in [1.165, 1.54) is 0 Å². The van der Waals surface area contributed by atoms with Gasteiger partial charge in [0.1, 0.15) is 0 Å². The van der Waals surface area contributed by atoms with E-state index < -0.39 is 0 Å². The van der Waals surface area contributed by atoms with Gasteiger partial charge < -0.3 is 9.42 Å². The van der Waals surface area contributed by atoms with Gasteiger partial charge >= 0.3 is 0 Å². The minimum atomic E-state index is 0.129. The molecule has 0 atom stereocenters. The Bertz CT molecular complexity index is 678. The smallest absolute Gasteiger partial charge is 0.254 e. The number of amides is 1. The molecule has 1 aromatic heterocycles. The molecule has 6 heteroatoms. The molecule has 0 saturated carbocycles. The lowest BCUT2D eigenvalue weighted by Gasteiger charge is -2.30. The summed E-state index contributed by atoms with van der Waals surface area (Å²) in [5.41, 5.74) is 0.771. The Kier molecular flexibility index (Phi) is 5.00. The van der Waals surface area contributed by atoms with Gasteiger partial charge in [-0.25, -0.2) is 0 Å². The van der Waals surface area contributed by atoms with Crippen molar-refractivity contribution in [2.24, 2.45) is 5.92 Å². The quantitative estimate of drug-likeness (QED) is 0.802. The molecule has 1 fully saturated rings. The van der Waals surface area contributed by atoms with Gasteiger partial charge in [0.15, 0.2) is 5.82 Å². The number of hydrogen-bond acceptors (Lipinski definition) is 5. The number of carbonyl (C=O) groups is 1. The monoisotopic (exact) mass is 331 g/mol. The number of piperidine rings is 1. The summed E-state index contributed by atoms with van der Waals surface area (Å²) in [4.78, 5) is 20.0. The molecule has 0 aliphatic carbocycles. The van der Waals surface area contributed by atoms with Gasteiger partial charge in [0, 0.05) is 24.9 Å². The lowest BCUT2D eigenvalue weighted by atomic mass is 9.98. The zero-order valence-corrected chi connectivity index (χ0v) is 14.3. The number of nitrogens with zero attached hydrogens (tertiary/aromatic N) is 3. The number of aromatic nitrogens is 2. The Morgan fingerprint density at radius 1 is 1.35 bits per heavy atom. The SMILES string of the molecule is Cc1nc(CSc2ccccc2C(=O)N2CCC(C)CC2)no1. The molecule has 0 radical (unpaired) electrons. The van der Waals surface area contributed by atoms with E-state index in [1.807, 2.05) is 29.2 Å². The van der Waals surface area contributed by atoms with Crippen molar-refractivity contribution in [3.05, 3.63) is 41.5 Å². The van der Waals surface area contributed by atoms with Crippen LogP contribution in [0.15, 0.2) is 33.7 Å². The van der Waals surface area contributed by atoms with Crippen LogP contribution < -0.4 is 0 Å². The van der Waals surface area contributed by atoms with Gasteiger partial charge in [-0.2, -0.15) is 4.98 Å². The van der Waals surface area contributed by atoms with Crippen LogP contribution in [0.1, 0.15) is 41.8 Å². The highest BCUT2D eigenvalue weighted by Gasteiger charge is 2.23. The number of hydrogen-bond donors (Lipinski definition) is 0. The van der Waals surface area contributed by atoms with Crippen molar-refractivity contribution in [2.45, 2.75) is 37.3 Å². The summed E-state index contributed by atoms with van der Waals surface area (Å²) in [5, 5.41) is 3.90. The van der Waals surface area contributed by atoms with Crippen LogP contribution in [-0.2, 0) is 5.75 Å². The topological polar surface area (TPSA) is 59.2 Å². The second-order valence-corrected chi connectivity index (χ2v) is 7.01. The first kappa shape index (κ1) is 16.1. The number of likely N-dealkylation sites (tertiary alicyclic amines) is 1. The van der Waals surface area contributed by atoms with E-state index in [0.717, 1.165) is 36.4 Å². The third kappa shape index (κ3) is 3.93. The first-order valence-corrected chi connectivity index (χ1v) is 8.92. The highest BCUT2D eigenvalue weighted by atomic mass is 32.2. The molecule has 3 rings (SSSR count). The van der Waals surface area contributed by atoms with E-state index in [2.05, 4.69) is 17.1 Å². The summed E-state index contributed by atoms with van der Waals surface area (Å²) in [7, 11) is 0.